The first-order valence-electron chi connectivity index (χ1n) is 6.73. The molecule has 0 heterocycles. The Kier molecular flexibility index (Phi) is 7.77. The van der Waals surface area contributed by atoms with Gasteiger partial charge in [-0.05, 0) is 18.8 Å². The molecular formula is C13H28N2O2. The molecule has 1 atom stereocenters. The van der Waals surface area contributed by atoms with E-state index in [0.29, 0.717) is 6.04 Å². The van der Waals surface area contributed by atoms with Crippen LogP contribution in [0.1, 0.15) is 25.7 Å². The second-order valence-corrected chi connectivity index (χ2v) is 4.99. The van der Waals surface area contributed by atoms with Crippen LogP contribution >= 0.6 is 0 Å². The molecule has 17 heavy (non-hydrogen) atoms. The van der Waals surface area contributed by atoms with Crippen molar-refractivity contribution in [3.05, 3.63) is 0 Å². The van der Waals surface area contributed by atoms with E-state index in [1.165, 1.54) is 25.7 Å². The third-order valence-corrected chi connectivity index (χ3v) is 3.70. The summed E-state index contributed by atoms with van der Waals surface area (Å²) in [5.74, 6) is 0.725. The Labute approximate surface area is 105 Å². The highest BCUT2D eigenvalue weighted by molar-refractivity contribution is 4.80. The van der Waals surface area contributed by atoms with E-state index in [0.717, 1.165) is 38.8 Å². The lowest BCUT2D eigenvalue weighted by atomic mass is 9.98. The third kappa shape index (κ3) is 5.82. The largest absolute Gasteiger partial charge is 0.383 e. The zero-order valence-electron chi connectivity index (χ0n) is 11.4. The maximum atomic E-state index is 6.30. The normalized spacial score (nSPS) is 19.1. The zero-order valence-corrected chi connectivity index (χ0v) is 11.4. The highest BCUT2D eigenvalue weighted by Gasteiger charge is 2.23. The van der Waals surface area contributed by atoms with Crippen LogP contribution in [0.3, 0.4) is 0 Å². The Morgan fingerprint density at radius 2 is 1.65 bits per heavy atom. The highest BCUT2D eigenvalue weighted by Crippen LogP contribution is 2.27. The topological polar surface area (TPSA) is 47.7 Å². The first kappa shape index (κ1) is 14.9. The highest BCUT2D eigenvalue weighted by atomic mass is 16.5. The second-order valence-electron chi connectivity index (χ2n) is 4.99. The van der Waals surface area contributed by atoms with Crippen molar-refractivity contribution in [2.45, 2.75) is 31.7 Å². The van der Waals surface area contributed by atoms with Gasteiger partial charge in [-0.1, -0.05) is 12.8 Å². The monoisotopic (exact) mass is 244 g/mol. The van der Waals surface area contributed by atoms with E-state index in [2.05, 4.69) is 4.90 Å². The molecule has 0 aromatic rings. The molecule has 0 aliphatic heterocycles. The average molecular weight is 244 g/mol. The lowest BCUT2D eigenvalue weighted by Crippen LogP contribution is -2.44. The van der Waals surface area contributed by atoms with Crippen LogP contribution in [0.15, 0.2) is 0 Å². The number of nitrogens with two attached hydrogens (primary N) is 1. The van der Waals surface area contributed by atoms with E-state index in [-0.39, 0.29) is 0 Å². The predicted molar refractivity (Wildman–Crippen MR) is 70.1 cm³/mol. The summed E-state index contributed by atoms with van der Waals surface area (Å²) in [4.78, 5) is 2.36. The van der Waals surface area contributed by atoms with Crippen LogP contribution in [0.4, 0.5) is 0 Å². The van der Waals surface area contributed by atoms with Crippen LogP contribution < -0.4 is 5.73 Å². The molecule has 1 unspecified atom stereocenters. The van der Waals surface area contributed by atoms with Gasteiger partial charge in [-0.2, -0.15) is 0 Å². The minimum atomic E-state index is 0.311. The van der Waals surface area contributed by atoms with Gasteiger partial charge >= 0.3 is 0 Å². The Bertz CT molecular complexity index is 176. The summed E-state index contributed by atoms with van der Waals surface area (Å²) in [6, 6.07) is 0.311. The standard InChI is InChI=1S/C13H28N2O2/c1-16-9-7-15(8-10-17-2)11-13(14)12-5-3-4-6-12/h12-13H,3-11,14H2,1-2H3. The Balaban J connectivity index is 2.28. The molecule has 1 aliphatic carbocycles. The molecule has 1 saturated carbocycles. The first-order chi connectivity index (χ1) is 8.27. The minimum Gasteiger partial charge on any atom is -0.383 e. The fourth-order valence-corrected chi connectivity index (χ4v) is 2.57. The number of hydrogen-bond acceptors (Lipinski definition) is 4. The molecule has 0 radical (unpaired) electrons. The molecule has 0 bridgehead atoms. The Morgan fingerprint density at radius 3 is 2.12 bits per heavy atom. The van der Waals surface area contributed by atoms with Crippen molar-refractivity contribution in [1.29, 1.82) is 0 Å². The van der Waals surface area contributed by atoms with Crippen molar-refractivity contribution in [1.82, 2.24) is 4.90 Å². The van der Waals surface area contributed by atoms with Crippen LogP contribution in [0.5, 0.6) is 0 Å². The van der Waals surface area contributed by atoms with Crippen molar-refractivity contribution >= 4 is 0 Å². The van der Waals surface area contributed by atoms with E-state index in [9.17, 15) is 0 Å². The minimum absolute atomic E-state index is 0.311. The van der Waals surface area contributed by atoms with Crippen LogP contribution in [0.25, 0.3) is 0 Å². The molecule has 1 rings (SSSR count). The van der Waals surface area contributed by atoms with Gasteiger partial charge in [-0.3, -0.25) is 4.90 Å². The maximum Gasteiger partial charge on any atom is 0.0589 e. The van der Waals surface area contributed by atoms with Crippen molar-refractivity contribution < 1.29 is 9.47 Å². The SMILES string of the molecule is COCCN(CCOC)CC(N)C1CCCC1. The summed E-state index contributed by atoms with van der Waals surface area (Å²) in [6.45, 7) is 4.39. The van der Waals surface area contributed by atoms with Gasteiger partial charge in [0.1, 0.15) is 0 Å². The van der Waals surface area contributed by atoms with Gasteiger partial charge in [0.05, 0.1) is 13.2 Å². The summed E-state index contributed by atoms with van der Waals surface area (Å²) in [5.41, 5.74) is 6.30. The van der Waals surface area contributed by atoms with Crippen LogP contribution in [-0.4, -0.2) is 58.0 Å². The van der Waals surface area contributed by atoms with Crippen LogP contribution in [0.2, 0.25) is 0 Å². The molecule has 0 saturated heterocycles. The molecule has 1 aliphatic rings. The molecule has 0 spiro atoms. The Hall–Kier alpha value is -0.160. The Morgan fingerprint density at radius 1 is 1.12 bits per heavy atom. The van der Waals surface area contributed by atoms with Gasteiger partial charge in [-0.25, -0.2) is 0 Å². The summed E-state index contributed by atoms with van der Waals surface area (Å²) in [6.07, 6.45) is 5.33. The van der Waals surface area contributed by atoms with Crippen molar-refractivity contribution in [3.8, 4) is 0 Å². The molecule has 0 aromatic heterocycles. The maximum absolute atomic E-state index is 6.30. The van der Waals surface area contributed by atoms with Gasteiger partial charge < -0.3 is 15.2 Å². The lowest BCUT2D eigenvalue weighted by Gasteiger charge is -2.28. The quantitative estimate of drug-likeness (QED) is 0.660. The van der Waals surface area contributed by atoms with Crippen molar-refractivity contribution in [2.24, 2.45) is 11.7 Å². The molecule has 102 valence electrons. The summed E-state index contributed by atoms with van der Waals surface area (Å²) in [5, 5.41) is 0. The smallest absolute Gasteiger partial charge is 0.0589 e. The molecule has 0 amide bonds. The number of nitrogens with zero attached hydrogens (tertiary/aromatic N) is 1. The fourth-order valence-electron chi connectivity index (χ4n) is 2.57. The lowest BCUT2D eigenvalue weighted by molar-refractivity contribution is 0.106. The second kappa shape index (κ2) is 8.86. The van der Waals surface area contributed by atoms with Gasteiger partial charge in [0.2, 0.25) is 0 Å². The van der Waals surface area contributed by atoms with Gasteiger partial charge in [-0.15, -0.1) is 0 Å². The van der Waals surface area contributed by atoms with Crippen LogP contribution in [0, 0.1) is 5.92 Å². The molecule has 4 heteroatoms. The van der Waals surface area contributed by atoms with Gasteiger partial charge in [0, 0.05) is 39.9 Å². The fraction of sp³-hybridized carbons (Fsp3) is 1.00. The van der Waals surface area contributed by atoms with Crippen molar-refractivity contribution in [3.63, 3.8) is 0 Å². The summed E-state index contributed by atoms with van der Waals surface area (Å²) >= 11 is 0. The van der Waals surface area contributed by atoms with E-state index < -0.39 is 0 Å². The molecule has 2 N–H and O–H groups in total. The third-order valence-electron chi connectivity index (χ3n) is 3.70. The van der Waals surface area contributed by atoms with E-state index in [4.69, 9.17) is 15.2 Å². The number of methoxy groups -OCH3 is 2. The average Bonchev–Trinajstić information content (AvgIpc) is 2.86. The number of ether oxygens (including phenoxy) is 2. The van der Waals surface area contributed by atoms with E-state index in [1.54, 1.807) is 14.2 Å². The number of rotatable bonds is 9. The predicted octanol–water partition coefficient (Wildman–Crippen LogP) is 1.10. The molecule has 1 fully saturated rings. The molecule has 0 aromatic carbocycles. The zero-order chi connectivity index (χ0) is 12.5. The molecular weight excluding hydrogens is 216 g/mol. The van der Waals surface area contributed by atoms with E-state index in [1.807, 2.05) is 0 Å². The summed E-state index contributed by atoms with van der Waals surface area (Å²) < 4.78 is 10.3. The van der Waals surface area contributed by atoms with E-state index >= 15 is 0 Å². The van der Waals surface area contributed by atoms with Crippen molar-refractivity contribution in [2.75, 3.05) is 47.1 Å². The first-order valence-corrected chi connectivity index (χ1v) is 6.73. The van der Waals surface area contributed by atoms with Gasteiger partial charge in [0.15, 0.2) is 0 Å². The molecule has 4 nitrogen and oxygen atoms in total. The van der Waals surface area contributed by atoms with Crippen LogP contribution in [-0.2, 0) is 9.47 Å². The summed E-state index contributed by atoms with van der Waals surface area (Å²) in [7, 11) is 3.48. The van der Waals surface area contributed by atoms with Gasteiger partial charge in [0.25, 0.3) is 0 Å². The number of hydrogen-bond donors (Lipinski definition) is 1.